The molecule has 2 aliphatic rings. The number of hydrogen-bond donors (Lipinski definition) is 0. The molecule has 0 heterocycles. The van der Waals surface area contributed by atoms with Crippen molar-refractivity contribution in [3.8, 4) is 5.75 Å². The highest BCUT2D eigenvalue weighted by Crippen LogP contribution is 2.45. The molecule has 1 aromatic carbocycles. The zero-order valence-electron chi connectivity index (χ0n) is 16.0. The largest absolute Gasteiger partial charge is 0.573 e. The lowest BCUT2D eigenvalue weighted by Gasteiger charge is -2.38. The Kier molecular flexibility index (Phi) is 6.69. The molecule has 0 radical (unpaired) electrons. The lowest BCUT2D eigenvalue weighted by molar-refractivity contribution is -0.275. The van der Waals surface area contributed by atoms with Crippen molar-refractivity contribution in [1.82, 2.24) is 0 Å². The van der Waals surface area contributed by atoms with Crippen LogP contribution in [-0.4, -0.2) is 6.36 Å². The van der Waals surface area contributed by atoms with Gasteiger partial charge in [0.2, 0.25) is 0 Å². The average Bonchev–Trinajstić information content (AvgIpc) is 2.64. The molecule has 0 spiro atoms. The van der Waals surface area contributed by atoms with E-state index in [0.29, 0.717) is 0 Å². The predicted molar refractivity (Wildman–Crippen MR) is 98.1 cm³/mol. The summed E-state index contributed by atoms with van der Waals surface area (Å²) >= 11 is 0. The van der Waals surface area contributed by atoms with Crippen molar-refractivity contribution < 1.29 is 22.3 Å². The first-order valence-electron chi connectivity index (χ1n) is 10.4. The maximum absolute atomic E-state index is 13.6. The van der Waals surface area contributed by atoms with Crippen LogP contribution in [-0.2, 0) is 0 Å². The third-order valence-electron chi connectivity index (χ3n) is 6.68. The van der Waals surface area contributed by atoms with Crippen molar-refractivity contribution in [3.05, 3.63) is 29.6 Å². The second kappa shape index (κ2) is 8.83. The summed E-state index contributed by atoms with van der Waals surface area (Å²) in [4.78, 5) is 0. The SMILES string of the molecule is CCCC1CCC(C2CCC(c3ccc(F)c(OC(F)(F)F)c3)CC2)CC1. The van der Waals surface area contributed by atoms with E-state index < -0.39 is 17.9 Å². The van der Waals surface area contributed by atoms with Crippen LogP contribution in [0.3, 0.4) is 0 Å². The van der Waals surface area contributed by atoms with Crippen LogP contribution in [0.15, 0.2) is 18.2 Å². The van der Waals surface area contributed by atoms with Gasteiger partial charge in [-0.3, -0.25) is 0 Å². The van der Waals surface area contributed by atoms with Crippen LogP contribution in [0.25, 0.3) is 0 Å². The normalized spacial score (nSPS) is 29.5. The van der Waals surface area contributed by atoms with E-state index in [2.05, 4.69) is 11.7 Å². The van der Waals surface area contributed by atoms with E-state index >= 15 is 0 Å². The summed E-state index contributed by atoms with van der Waals surface area (Å²) in [7, 11) is 0. The third kappa shape index (κ3) is 5.61. The smallest absolute Gasteiger partial charge is 0.403 e. The number of rotatable bonds is 5. The highest BCUT2D eigenvalue weighted by atomic mass is 19.4. The first kappa shape index (κ1) is 20.5. The van der Waals surface area contributed by atoms with E-state index in [1.54, 1.807) is 6.07 Å². The predicted octanol–water partition coefficient (Wildman–Crippen LogP) is 7.60. The molecule has 152 valence electrons. The summed E-state index contributed by atoms with van der Waals surface area (Å²) in [6.45, 7) is 2.26. The molecule has 0 amide bonds. The molecule has 0 atom stereocenters. The van der Waals surface area contributed by atoms with Crippen LogP contribution in [0.1, 0.15) is 82.6 Å². The number of hydrogen-bond acceptors (Lipinski definition) is 1. The fraction of sp³-hybridized carbons (Fsp3) is 0.727. The number of alkyl halides is 3. The Morgan fingerprint density at radius 1 is 0.926 bits per heavy atom. The van der Waals surface area contributed by atoms with Gasteiger partial charge in [0.1, 0.15) is 0 Å². The van der Waals surface area contributed by atoms with Gasteiger partial charge in [0.05, 0.1) is 0 Å². The Bertz CT molecular complexity index is 597. The monoisotopic (exact) mass is 386 g/mol. The van der Waals surface area contributed by atoms with E-state index in [4.69, 9.17) is 0 Å². The Morgan fingerprint density at radius 2 is 1.52 bits per heavy atom. The lowest BCUT2D eigenvalue weighted by Crippen LogP contribution is -2.25. The molecule has 27 heavy (non-hydrogen) atoms. The summed E-state index contributed by atoms with van der Waals surface area (Å²) in [5, 5.41) is 0. The molecule has 2 fully saturated rings. The molecule has 0 aliphatic heterocycles. The molecular formula is C22H30F4O. The standard InChI is InChI=1S/C22H30F4O/c1-2-3-15-4-6-16(7-5-15)17-8-10-18(11-9-17)19-12-13-20(23)21(14-19)27-22(24,25)26/h12-18H,2-11H2,1H3. The maximum atomic E-state index is 13.6. The van der Waals surface area contributed by atoms with E-state index in [-0.39, 0.29) is 5.92 Å². The Morgan fingerprint density at radius 3 is 2.07 bits per heavy atom. The Labute approximate surface area is 159 Å². The number of halogens is 4. The molecule has 0 aromatic heterocycles. The molecule has 0 unspecified atom stereocenters. The Hall–Kier alpha value is -1.26. The van der Waals surface area contributed by atoms with Crippen molar-refractivity contribution in [2.75, 3.05) is 0 Å². The van der Waals surface area contributed by atoms with Crippen LogP contribution >= 0.6 is 0 Å². The highest BCUT2D eigenvalue weighted by molar-refractivity contribution is 5.33. The fourth-order valence-electron chi connectivity index (χ4n) is 5.26. The van der Waals surface area contributed by atoms with Gasteiger partial charge in [-0.1, -0.05) is 38.7 Å². The van der Waals surface area contributed by atoms with Crippen molar-refractivity contribution in [2.24, 2.45) is 17.8 Å². The minimum absolute atomic E-state index is 0.203. The van der Waals surface area contributed by atoms with E-state index in [9.17, 15) is 17.6 Å². The molecule has 1 aromatic rings. The molecule has 3 rings (SSSR count). The zero-order valence-corrected chi connectivity index (χ0v) is 16.0. The van der Waals surface area contributed by atoms with Gasteiger partial charge in [0, 0.05) is 0 Å². The second-order valence-electron chi connectivity index (χ2n) is 8.42. The topological polar surface area (TPSA) is 9.23 Å². The summed E-state index contributed by atoms with van der Waals surface area (Å²) in [6.07, 6.45) is 7.33. The first-order chi connectivity index (χ1) is 12.9. The summed E-state index contributed by atoms with van der Waals surface area (Å²) in [5.41, 5.74) is 0.765. The van der Waals surface area contributed by atoms with Crippen molar-refractivity contribution in [1.29, 1.82) is 0 Å². The third-order valence-corrected chi connectivity index (χ3v) is 6.68. The maximum Gasteiger partial charge on any atom is 0.573 e. The van der Waals surface area contributed by atoms with Crippen LogP contribution in [0.5, 0.6) is 5.75 Å². The second-order valence-corrected chi connectivity index (χ2v) is 8.42. The first-order valence-corrected chi connectivity index (χ1v) is 10.4. The van der Waals surface area contributed by atoms with Crippen molar-refractivity contribution in [2.45, 2.75) is 83.4 Å². The van der Waals surface area contributed by atoms with Crippen LogP contribution in [0.4, 0.5) is 17.6 Å². The summed E-state index contributed by atoms with van der Waals surface area (Å²) in [5.74, 6) is 0.999. The van der Waals surface area contributed by atoms with Gasteiger partial charge < -0.3 is 4.74 Å². The highest BCUT2D eigenvalue weighted by Gasteiger charge is 2.34. The van der Waals surface area contributed by atoms with E-state index in [1.807, 2.05) is 0 Å². The van der Waals surface area contributed by atoms with Gasteiger partial charge in [0.15, 0.2) is 11.6 Å². The minimum Gasteiger partial charge on any atom is -0.403 e. The molecule has 0 saturated heterocycles. The van der Waals surface area contributed by atoms with Gasteiger partial charge >= 0.3 is 6.36 Å². The fourth-order valence-corrected chi connectivity index (χ4v) is 5.26. The van der Waals surface area contributed by atoms with Gasteiger partial charge in [-0.25, -0.2) is 4.39 Å². The molecule has 0 N–H and O–H groups in total. The number of benzene rings is 1. The molecular weight excluding hydrogens is 356 g/mol. The quantitative estimate of drug-likeness (QED) is 0.473. The average molecular weight is 386 g/mol. The van der Waals surface area contributed by atoms with Crippen molar-refractivity contribution >= 4 is 0 Å². The summed E-state index contributed by atoms with van der Waals surface area (Å²) < 4.78 is 54.8. The number of ether oxygens (including phenoxy) is 1. The molecule has 1 nitrogen and oxygen atoms in total. The van der Waals surface area contributed by atoms with Gasteiger partial charge in [0.25, 0.3) is 0 Å². The van der Waals surface area contributed by atoms with Gasteiger partial charge in [-0.2, -0.15) is 0 Å². The molecule has 0 bridgehead atoms. The minimum atomic E-state index is -4.87. The van der Waals surface area contributed by atoms with Gasteiger partial charge in [-0.15, -0.1) is 13.2 Å². The zero-order chi connectivity index (χ0) is 19.4. The van der Waals surface area contributed by atoms with Crippen molar-refractivity contribution in [3.63, 3.8) is 0 Å². The van der Waals surface area contributed by atoms with Crippen LogP contribution < -0.4 is 4.74 Å². The van der Waals surface area contributed by atoms with Crippen LogP contribution in [0.2, 0.25) is 0 Å². The molecule has 2 aliphatic carbocycles. The van der Waals surface area contributed by atoms with Gasteiger partial charge in [-0.05, 0) is 79.9 Å². The molecule has 2 saturated carbocycles. The van der Waals surface area contributed by atoms with E-state index in [1.165, 1.54) is 44.6 Å². The van der Waals surface area contributed by atoms with E-state index in [0.717, 1.165) is 55.1 Å². The molecule has 5 heteroatoms. The summed E-state index contributed by atoms with van der Waals surface area (Å²) in [6, 6.07) is 3.95. The Balaban J connectivity index is 1.54. The lowest BCUT2D eigenvalue weighted by atomic mass is 9.68. The van der Waals surface area contributed by atoms with Crippen LogP contribution in [0, 0.1) is 23.6 Å².